The topological polar surface area (TPSA) is 48.2 Å². The Labute approximate surface area is 290 Å². The molecular formula is C46H34N2O2. The average molecular weight is 647 g/mol. The molecule has 3 heterocycles. The Hall–Kier alpha value is -5.74. The van der Waals surface area contributed by atoms with Crippen molar-refractivity contribution in [3.05, 3.63) is 150 Å². The van der Waals surface area contributed by atoms with Gasteiger partial charge in [-0.15, -0.1) is 0 Å². The number of para-hydroxylation sites is 1. The lowest BCUT2D eigenvalue weighted by atomic mass is 9.68. The normalized spacial score (nSPS) is 18.1. The van der Waals surface area contributed by atoms with E-state index in [1.807, 2.05) is 18.2 Å². The molecule has 3 aliphatic carbocycles. The van der Waals surface area contributed by atoms with Gasteiger partial charge in [-0.05, 0) is 71.4 Å². The second kappa shape index (κ2) is 10.6. The maximum absolute atomic E-state index is 6.78. The van der Waals surface area contributed by atoms with E-state index < -0.39 is 0 Å². The number of benzene rings is 5. The summed E-state index contributed by atoms with van der Waals surface area (Å²) in [7, 11) is 0. The molecule has 4 heteroatoms. The van der Waals surface area contributed by atoms with Crippen molar-refractivity contribution in [1.82, 2.24) is 9.97 Å². The van der Waals surface area contributed by atoms with Crippen molar-refractivity contribution < 1.29 is 9.15 Å². The zero-order valence-corrected chi connectivity index (χ0v) is 27.7. The molecule has 11 rings (SSSR count). The molecule has 0 radical (unpaired) electrons. The van der Waals surface area contributed by atoms with Gasteiger partial charge in [0, 0.05) is 32.9 Å². The Morgan fingerprint density at radius 3 is 2.38 bits per heavy atom. The number of allylic oxidation sites excluding steroid dienone is 4. The summed E-state index contributed by atoms with van der Waals surface area (Å²) < 4.78 is 13.2. The van der Waals surface area contributed by atoms with Crippen LogP contribution < -0.4 is 4.74 Å². The smallest absolute Gasteiger partial charge is 0.175 e. The summed E-state index contributed by atoms with van der Waals surface area (Å²) in [5.74, 6) is 2.51. The molecule has 5 aromatic carbocycles. The maximum atomic E-state index is 6.78. The molecule has 1 unspecified atom stereocenters. The van der Waals surface area contributed by atoms with Gasteiger partial charge in [0.25, 0.3) is 0 Å². The van der Waals surface area contributed by atoms with Crippen LogP contribution in [0, 0.1) is 0 Å². The first-order chi connectivity index (χ1) is 24.8. The predicted molar refractivity (Wildman–Crippen MR) is 200 cm³/mol. The van der Waals surface area contributed by atoms with Crippen LogP contribution in [0.2, 0.25) is 0 Å². The van der Waals surface area contributed by atoms with E-state index in [9.17, 15) is 0 Å². The lowest BCUT2D eigenvalue weighted by Crippen LogP contribution is -2.27. The Morgan fingerprint density at radius 2 is 1.46 bits per heavy atom. The maximum Gasteiger partial charge on any atom is 0.175 e. The standard InChI is InChI=1S/C46H34N2O2/c1-3-13-28(14-4-1)41-44-42(34-16-6-8-22-38(34)50-44)48-45(47-41)29-23-24-39-35(27-29)32-19-11-18-31(43(32)49-39)30-17-12-21-37-40(30)33-15-5-7-20-36(33)46(37)25-9-2-10-26-46/h1,3-8,11-15,17-24,27,34H,2,9-10,16,25-26H2. The van der Waals surface area contributed by atoms with Crippen LogP contribution in [-0.4, -0.2) is 9.97 Å². The SMILES string of the molecule is C1=CCC2C(=C1)Oc1c(-c3ccccc3)nc(-c3ccc4oc5c(-c6cccc7c6-c6ccccc6C76CCCCC6)cccc5c4c3)nc12. The zero-order chi connectivity index (χ0) is 32.8. The summed E-state index contributed by atoms with van der Waals surface area (Å²) in [4.78, 5) is 10.4. The third kappa shape index (κ3) is 3.93. The van der Waals surface area contributed by atoms with Gasteiger partial charge in [0.1, 0.15) is 22.6 Å². The fraction of sp³-hybridized carbons (Fsp3) is 0.174. The number of nitrogens with zero attached hydrogens (tertiary/aromatic N) is 2. The minimum atomic E-state index is 0.103. The van der Waals surface area contributed by atoms with E-state index in [0.717, 1.165) is 67.9 Å². The van der Waals surface area contributed by atoms with Gasteiger partial charge >= 0.3 is 0 Å². The molecule has 1 saturated carbocycles. The van der Waals surface area contributed by atoms with Crippen LogP contribution in [-0.2, 0) is 5.41 Å². The first-order valence-corrected chi connectivity index (χ1v) is 18.0. The molecule has 1 spiro atoms. The van der Waals surface area contributed by atoms with Gasteiger partial charge in [-0.25, -0.2) is 9.97 Å². The number of rotatable bonds is 3. The number of hydrogen-bond donors (Lipinski definition) is 0. The molecule has 1 fully saturated rings. The van der Waals surface area contributed by atoms with Crippen molar-refractivity contribution in [2.45, 2.75) is 49.9 Å². The van der Waals surface area contributed by atoms with E-state index in [1.165, 1.54) is 59.9 Å². The highest BCUT2D eigenvalue weighted by Crippen LogP contribution is 2.58. The third-order valence-corrected chi connectivity index (χ3v) is 11.6. The minimum absolute atomic E-state index is 0.103. The summed E-state index contributed by atoms with van der Waals surface area (Å²) >= 11 is 0. The molecule has 7 aromatic rings. The largest absolute Gasteiger partial charge is 0.457 e. The third-order valence-electron chi connectivity index (χ3n) is 11.6. The first-order valence-electron chi connectivity index (χ1n) is 18.0. The van der Waals surface area contributed by atoms with Crippen molar-refractivity contribution >= 4 is 21.9 Å². The zero-order valence-electron chi connectivity index (χ0n) is 27.7. The summed E-state index contributed by atoms with van der Waals surface area (Å²) in [6.45, 7) is 0. The number of aromatic nitrogens is 2. The summed E-state index contributed by atoms with van der Waals surface area (Å²) in [6, 6.07) is 39.4. The summed E-state index contributed by atoms with van der Waals surface area (Å²) in [5, 5.41) is 2.17. The Morgan fingerprint density at radius 1 is 0.660 bits per heavy atom. The lowest BCUT2D eigenvalue weighted by Gasteiger charge is -2.36. The van der Waals surface area contributed by atoms with Gasteiger partial charge in [0.05, 0.1) is 11.6 Å². The molecular weight excluding hydrogens is 613 g/mol. The molecule has 50 heavy (non-hydrogen) atoms. The molecule has 0 amide bonds. The van der Waals surface area contributed by atoms with Gasteiger partial charge in [0.15, 0.2) is 11.6 Å². The molecule has 0 N–H and O–H groups in total. The van der Waals surface area contributed by atoms with Gasteiger partial charge in [-0.3, -0.25) is 0 Å². The fourth-order valence-corrected chi connectivity index (χ4v) is 9.38. The molecule has 4 nitrogen and oxygen atoms in total. The quantitative estimate of drug-likeness (QED) is 0.192. The van der Waals surface area contributed by atoms with Crippen LogP contribution in [0.25, 0.3) is 66.8 Å². The number of fused-ring (bicyclic) bond motifs is 11. The number of ether oxygens (including phenoxy) is 1. The minimum Gasteiger partial charge on any atom is -0.457 e. The van der Waals surface area contributed by atoms with Crippen LogP contribution in [0.15, 0.2) is 138 Å². The molecule has 1 aliphatic heterocycles. The van der Waals surface area contributed by atoms with Gasteiger partial charge < -0.3 is 9.15 Å². The van der Waals surface area contributed by atoms with E-state index in [-0.39, 0.29) is 11.3 Å². The molecule has 1 atom stereocenters. The van der Waals surface area contributed by atoms with Crippen LogP contribution >= 0.6 is 0 Å². The number of hydrogen-bond acceptors (Lipinski definition) is 4. The van der Waals surface area contributed by atoms with E-state index in [0.29, 0.717) is 5.82 Å². The Bertz CT molecular complexity index is 2590. The van der Waals surface area contributed by atoms with Crippen molar-refractivity contribution in [2.24, 2.45) is 0 Å². The summed E-state index contributed by atoms with van der Waals surface area (Å²) in [5.41, 5.74) is 13.8. The van der Waals surface area contributed by atoms with Crippen LogP contribution in [0.4, 0.5) is 0 Å². The van der Waals surface area contributed by atoms with Crippen molar-refractivity contribution in [3.8, 4) is 50.6 Å². The van der Waals surface area contributed by atoms with Crippen molar-refractivity contribution in [2.75, 3.05) is 0 Å². The Balaban J connectivity index is 1.08. The second-order valence-corrected chi connectivity index (χ2v) is 14.3. The van der Waals surface area contributed by atoms with Crippen LogP contribution in [0.1, 0.15) is 61.3 Å². The molecule has 4 aliphatic rings. The molecule has 2 aromatic heterocycles. The van der Waals surface area contributed by atoms with E-state index in [4.69, 9.17) is 19.1 Å². The Kier molecular flexibility index (Phi) is 5.98. The molecule has 240 valence electrons. The molecule has 0 bridgehead atoms. The van der Waals surface area contributed by atoms with Crippen LogP contribution in [0.3, 0.4) is 0 Å². The van der Waals surface area contributed by atoms with E-state index in [2.05, 4.69) is 109 Å². The average Bonchev–Trinajstić information content (AvgIpc) is 3.84. The highest BCUT2D eigenvalue weighted by Gasteiger charge is 2.44. The number of furan rings is 1. The van der Waals surface area contributed by atoms with Gasteiger partial charge in [0.2, 0.25) is 0 Å². The first kappa shape index (κ1) is 28.1. The van der Waals surface area contributed by atoms with Gasteiger partial charge in [-0.1, -0.05) is 122 Å². The fourth-order valence-electron chi connectivity index (χ4n) is 9.38. The summed E-state index contributed by atoms with van der Waals surface area (Å²) in [6.07, 6.45) is 13.5. The molecule has 0 saturated heterocycles. The monoisotopic (exact) mass is 646 g/mol. The van der Waals surface area contributed by atoms with Crippen LogP contribution in [0.5, 0.6) is 5.75 Å². The predicted octanol–water partition coefficient (Wildman–Crippen LogP) is 11.9. The second-order valence-electron chi connectivity index (χ2n) is 14.3. The van der Waals surface area contributed by atoms with Crippen molar-refractivity contribution in [1.29, 1.82) is 0 Å². The highest BCUT2D eigenvalue weighted by atomic mass is 16.5. The lowest BCUT2D eigenvalue weighted by molar-refractivity contribution is 0.353. The highest BCUT2D eigenvalue weighted by molar-refractivity contribution is 6.12. The van der Waals surface area contributed by atoms with Crippen molar-refractivity contribution in [3.63, 3.8) is 0 Å². The van der Waals surface area contributed by atoms with Gasteiger partial charge in [-0.2, -0.15) is 0 Å². The van der Waals surface area contributed by atoms with E-state index in [1.54, 1.807) is 0 Å². The van der Waals surface area contributed by atoms with E-state index >= 15 is 0 Å².